The Morgan fingerprint density at radius 2 is 2.00 bits per heavy atom. The molecule has 1 rings (SSSR count). The minimum atomic E-state index is -0.605. The number of hydrogen-bond donors (Lipinski definition) is 0. The van der Waals surface area contributed by atoms with Crippen molar-refractivity contribution in [1.29, 1.82) is 0 Å². The topological polar surface area (TPSA) is 52.4 Å². The van der Waals surface area contributed by atoms with E-state index in [-0.39, 0.29) is 32.6 Å². The van der Waals surface area contributed by atoms with Crippen LogP contribution in [0.15, 0.2) is 8.95 Å². The zero-order valence-corrected chi connectivity index (χ0v) is 11.7. The molecule has 0 N–H and O–H groups in total. The van der Waals surface area contributed by atoms with Crippen LogP contribution in [0.1, 0.15) is 12.5 Å². The van der Waals surface area contributed by atoms with Crippen molar-refractivity contribution in [1.82, 2.24) is 0 Å². The van der Waals surface area contributed by atoms with E-state index in [9.17, 15) is 14.5 Å². The van der Waals surface area contributed by atoms with E-state index in [1.807, 2.05) is 0 Å². The SMILES string of the molecule is CCOc1c(F)c(C)c(Br)c([N+](=O)[O-])c1Br. The number of rotatable bonds is 3. The maximum absolute atomic E-state index is 13.7. The van der Waals surface area contributed by atoms with Crippen molar-refractivity contribution in [3.05, 3.63) is 30.4 Å². The van der Waals surface area contributed by atoms with Crippen LogP contribution in [0.5, 0.6) is 5.75 Å². The Hall–Kier alpha value is -0.690. The summed E-state index contributed by atoms with van der Waals surface area (Å²) in [5.41, 5.74) is -0.0827. The lowest BCUT2D eigenvalue weighted by atomic mass is 10.2. The third-order valence-electron chi connectivity index (χ3n) is 1.94. The van der Waals surface area contributed by atoms with E-state index >= 15 is 0 Å². The highest BCUT2D eigenvalue weighted by molar-refractivity contribution is 9.11. The summed E-state index contributed by atoms with van der Waals surface area (Å²) in [6.07, 6.45) is 0. The van der Waals surface area contributed by atoms with E-state index in [0.29, 0.717) is 0 Å². The van der Waals surface area contributed by atoms with E-state index in [0.717, 1.165) is 0 Å². The summed E-state index contributed by atoms with van der Waals surface area (Å²) >= 11 is 5.98. The van der Waals surface area contributed by atoms with E-state index in [4.69, 9.17) is 4.74 Å². The molecular formula is C9H8Br2FNO3. The minimum Gasteiger partial charge on any atom is -0.489 e. The van der Waals surface area contributed by atoms with Crippen molar-refractivity contribution in [2.24, 2.45) is 0 Å². The van der Waals surface area contributed by atoms with Crippen molar-refractivity contribution in [3.63, 3.8) is 0 Å². The molecular weight excluding hydrogens is 349 g/mol. The number of nitrogens with zero attached hydrogens (tertiary/aromatic N) is 1. The lowest BCUT2D eigenvalue weighted by Crippen LogP contribution is -2.02. The highest BCUT2D eigenvalue weighted by atomic mass is 79.9. The molecule has 1 aromatic carbocycles. The molecule has 0 unspecified atom stereocenters. The highest BCUT2D eigenvalue weighted by Gasteiger charge is 2.27. The van der Waals surface area contributed by atoms with Gasteiger partial charge in [-0.15, -0.1) is 0 Å². The van der Waals surface area contributed by atoms with Crippen LogP contribution in [0, 0.1) is 22.9 Å². The molecule has 7 heteroatoms. The molecule has 0 heterocycles. The Labute approximate surface area is 108 Å². The third-order valence-corrected chi connectivity index (χ3v) is 3.65. The highest BCUT2D eigenvalue weighted by Crippen LogP contribution is 2.44. The molecule has 0 atom stereocenters. The van der Waals surface area contributed by atoms with Gasteiger partial charge in [0.25, 0.3) is 0 Å². The Morgan fingerprint density at radius 3 is 2.44 bits per heavy atom. The van der Waals surface area contributed by atoms with Crippen molar-refractivity contribution < 1.29 is 14.1 Å². The Kier molecular flexibility index (Phi) is 4.26. The molecule has 0 aromatic heterocycles. The first-order chi connectivity index (χ1) is 7.41. The van der Waals surface area contributed by atoms with Crippen LogP contribution in [0.2, 0.25) is 0 Å². The average molecular weight is 357 g/mol. The number of hydrogen-bond acceptors (Lipinski definition) is 3. The van der Waals surface area contributed by atoms with E-state index in [1.54, 1.807) is 6.92 Å². The number of ether oxygens (including phenoxy) is 1. The molecule has 0 radical (unpaired) electrons. The molecule has 0 saturated carbocycles. The average Bonchev–Trinajstić information content (AvgIpc) is 2.21. The second-order valence-corrected chi connectivity index (χ2v) is 4.52. The molecule has 0 aliphatic heterocycles. The van der Waals surface area contributed by atoms with Gasteiger partial charge in [-0.3, -0.25) is 10.1 Å². The van der Waals surface area contributed by atoms with Gasteiger partial charge in [-0.2, -0.15) is 0 Å². The molecule has 16 heavy (non-hydrogen) atoms. The second-order valence-electron chi connectivity index (χ2n) is 2.93. The number of benzene rings is 1. The van der Waals surface area contributed by atoms with Gasteiger partial charge in [0.2, 0.25) is 0 Å². The fourth-order valence-corrected chi connectivity index (χ4v) is 2.59. The quantitative estimate of drug-likeness (QED) is 0.608. The van der Waals surface area contributed by atoms with Crippen LogP contribution in [0.25, 0.3) is 0 Å². The molecule has 4 nitrogen and oxygen atoms in total. The van der Waals surface area contributed by atoms with Crippen molar-refractivity contribution in [2.75, 3.05) is 6.61 Å². The van der Waals surface area contributed by atoms with Gasteiger partial charge in [0.15, 0.2) is 11.6 Å². The fraction of sp³-hybridized carbons (Fsp3) is 0.333. The maximum atomic E-state index is 13.7. The summed E-state index contributed by atoms with van der Waals surface area (Å²) in [6.45, 7) is 3.35. The van der Waals surface area contributed by atoms with E-state index in [1.165, 1.54) is 6.92 Å². The lowest BCUT2D eigenvalue weighted by Gasteiger charge is -2.11. The van der Waals surface area contributed by atoms with Crippen LogP contribution < -0.4 is 4.74 Å². The Balaban J connectivity index is 3.58. The van der Waals surface area contributed by atoms with Crippen LogP contribution in [0.3, 0.4) is 0 Å². The molecule has 0 aliphatic rings. The first-order valence-corrected chi connectivity index (χ1v) is 5.94. The molecule has 88 valence electrons. The smallest absolute Gasteiger partial charge is 0.301 e. The van der Waals surface area contributed by atoms with Gasteiger partial charge in [-0.25, -0.2) is 4.39 Å². The Bertz CT molecular complexity index is 451. The van der Waals surface area contributed by atoms with E-state index in [2.05, 4.69) is 31.9 Å². The van der Waals surface area contributed by atoms with Gasteiger partial charge in [-0.1, -0.05) is 0 Å². The normalized spacial score (nSPS) is 10.3. The van der Waals surface area contributed by atoms with E-state index < -0.39 is 10.7 Å². The van der Waals surface area contributed by atoms with Gasteiger partial charge in [0.05, 0.1) is 11.5 Å². The zero-order valence-electron chi connectivity index (χ0n) is 8.51. The van der Waals surface area contributed by atoms with Gasteiger partial charge in [-0.05, 0) is 45.7 Å². The molecule has 0 spiro atoms. The molecule has 0 saturated heterocycles. The summed E-state index contributed by atoms with van der Waals surface area (Å²) < 4.78 is 18.9. The van der Waals surface area contributed by atoms with Crippen LogP contribution >= 0.6 is 31.9 Å². The van der Waals surface area contributed by atoms with Crippen LogP contribution in [-0.2, 0) is 0 Å². The van der Waals surface area contributed by atoms with Gasteiger partial charge in [0, 0.05) is 5.56 Å². The summed E-state index contributed by atoms with van der Waals surface area (Å²) in [4.78, 5) is 10.2. The largest absolute Gasteiger partial charge is 0.489 e. The number of nitro benzene ring substituents is 1. The van der Waals surface area contributed by atoms with Crippen molar-refractivity contribution in [3.8, 4) is 5.75 Å². The van der Waals surface area contributed by atoms with Crippen LogP contribution in [-0.4, -0.2) is 11.5 Å². The standard InChI is InChI=1S/C9H8Br2FNO3/c1-3-16-9-6(11)8(13(14)15)5(10)4(2)7(9)12/h3H2,1-2H3. The third kappa shape index (κ3) is 2.20. The van der Waals surface area contributed by atoms with Crippen LogP contribution in [0.4, 0.5) is 10.1 Å². The molecule has 0 aliphatic carbocycles. The second kappa shape index (κ2) is 5.09. The fourth-order valence-electron chi connectivity index (χ4n) is 1.18. The summed E-state index contributed by atoms with van der Waals surface area (Å²) in [5, 5.41) is 10.8. The van der Waals surface area contributed by atoms with Gasteiger partial charge >= 0.3 is 5.69 Å². The number of halogens is 3. The first kappa shape index (κ1) is 13.4. The summed E-state index contributed by atoms with van der Waals surface area (Å²) in [7, 11) is 0. The zero-order chi connectivity index (χ0) is 12.5. The molecule has 0 fully saturated rings. The minimum absolute atomic E-state index is 0.00863. The number of nitro groups is 1. The molecule has 0 amide bonds. The summed E-state index contributed by atoms with van der Waals surface area (Å²) in [6, 6.07) is 0. The van der Waals surface area contributed by atoms with Gasteiger partial charge in [0.1, 0.15) is 8.95 Å². The predicted molar refractivity (Wildman–Crippen MR) is 64.4 cm³/mol. The lowest BCUT2D eigenvalue weighted by molar-refractivity contribution is -0.386. The first-order valence-electron chi connectivity index (χ1n) is 4.36. The Morgan fingerprint density at radius 1 is 1.44 bits per heavy atom. The van der Waals surface area contributed by atoms with Crippen molar-refractivity contribution in [2.45, 2.75) is 13.8 Å². The molecule has 1 aromatic rings. The summed E-state index contributed by atoms with van der Waals surface area (Å²) in [5.74, 6) is -0.735. The predicted octanol–water partition coefficient (Wildman–Crippen LogP) is 3.97. The van der Waals surface area contributed by atoms with Crippen molar-refractivity contribution >= 4 is 37.5 Å². The van der Waals surface area contributed by atoms with Gasteiger partial charge < -0.3 is 4.74 Å². The monoisotopic (exact) mass is 355 g/mol. The molecule has 0 bridgehead atoms. The maximum Gasteiger partial charge on any atom is 0.301 e.